The second-order valence-electron chi connectivity index (χ2n) is 4.58. The molecule has 1 heterocycles. The minimum atomic E-state index is 0.514. The summed E-state index contributed by atoms with van der Waals surface area (Å²) in [5, 5.41) is 8.67. The topological polar surface area (TPSA) is 29.9 Å². The lowest BCUT2D eigenvalue weighted by atomic mass is 10.0. The van der Waals surface area contributed by atoms with Crippen molar-refractivity contribution in [3.63, 3.8) is 0 Å². The van der Waals surface area contributed by atoms with E-state index in [9.17, 15) is 0 Å². The second kappa shape index (κ2) is 7.02. The smallest absolute Gasteiger partial charge is 0.130 e. The highest BCUT2D eigenvalue weighted by atomic mass is 35.5. The number of rotatable bonds is 7. The van der Waals surface area contributed by atoms with Crippen molar-refractivity contribution in [1.29, 1.82) is 0 Å². The Morgan fingerprint density at radius 3 is 2.59 bits per heavy atom. The molecular weight excluding hydrogens is 234 g/mol. The summed E-state index contributed by atoms with van der Waals surface area (Å²) in [5.41, 5.74) is 2.24. The molecule has 17 heavy (non-hydrogen) atoms. The van der Waals surface area contributed by atoms with Crippen LogP contribution in [-0.2, 0) is 13.5 Å². The van der Waals surface area contributed by atoms with E-state index in [1.54, 1.807) is 4.68 Å². The molecule has 1 aromatic heterocycles. The molecule has 0 aromatic carbocycles. The van der Waals surface area contributed by atoms with Gasteiger partial charge in [-0.2, -0.15) is 5.10 Å². The van der Waals surface area contributed by atoms with Gasteiger partial charge in [-0.15, -0.1) is 0 Å². The number of nitrogens with zero attached hydrogens (tertiary/aromatic N) is 2. The van der Waals surface area contributed by atoms with E-state index in [1.807, 2.05) is 14.0 Å². The van der Waals surface area contributed by atoms with Crippen LogP contribution < -0.4 is 5.32 Å². The molecular formula is C13H24ClN3. The fourth-order valence-corrected chi connectivity index (χ4v) is 2.42. The maximum Gasteiger partial charge on any atom is 0.130 e. The molecule has 1 aromatic rings. The maximum absolute atomic E-state index is 6.27. The number of nitrogens with one attached hydrogen (secondary N) is 1. The standard InChI is InChI=1S/C13H24ClN3/c1-5-7-8-11(15-6-2)9-12-10(3)16-17(4)13(12)14/h11,15H,5-9H2,1-4H3. The van der Waals surface area contributed by atoms with Crippen molar-refractivity contribution in [2.45, 2.75) is 52.5 Å². The minimum absolute atomic E-state index is 0.514. The van der Waals surface area contributed by atoms with E-state index in [2.05, 4.69) is 24.3 Å². The Morgan fingerprint density at radius 2 is 2.12 bits per heavy atom. The van der Waals surface area contributed by atoms with Gasteiger partial charge >= 0.3 is 0 Å². The second-order valence-corrected chi connectivity index (χ2v) is 4.94. The highest BCUT2D eigenvalue weighted by Crippen LogP contribution is 2.21. The molecule has 0 aliphatic carbocycles. The van der Waals surface area contributed by atoms with Crippen molar-refractivity contribution in [3.05, 3.63) is 16.4 Å². The molecule has 0 amide bonds. The van der Waals surface area contributed by atoms with Gasteiger partial charge in [-0.25, -0.2) is 0 Å². The highest BCUT2D eigenvalue weighted by molar-refractivity contribution is 6.30. The molecule has 0 aliphatic heterocycles. The van der Waals surface area contributed by atoms with Crippen LogP contribution in [0.4, 0.5) is 0 Å². The summed E-state index contributed by atoms with van der Waals surface area (Å²) in [5.74, 6) is 0. The van der Waals surface area contributed by atoms with Crippen molar-refractivity contribution >= 4 is 11.6 Å². The van der Waals surface area contributed by atoms with Crippen LogP contribution >= 0.6 is 11.6 Å². The molecule has 0 fully saturated rings. The van der Waals surface area contributed by atoms with Gasteiger partial charge < -0.3 is 5.32 Å². The molecule has 1 N–H and O–H groups in total. The number of unbranched alkanes of at least 4 members (excludes halogenated alkanes) is 1. The number of hydrogen-bond donors (Lipinski definition) is 1. The van der Waals surface area contributed by atoms with Gasteiger partial charge in [0.15, 0.2) is 0 Å². The van der Waals surface area contributed by atoms with Crippen LogP contribution in [0.5, 0.6) is 0 Å². The van der Waals surface area contributed by atoms with E-state index in [1.165, 1.54) is 24.8 Å². The van der Waals surface area contributed by atoms with Crippen molar-refractivity contribution in [2.75, 3.05) is 6.54 Å². The Balaban J connectivity index is 2.70. The van der Waals surface area contributed by atoms with E-state index in [4.69, 9.17) is 11.6 Å². The summed E-state index contributed by atoms with van der Waals surface area (Å²) >= 11 is 6.27. The highest BCUT2D eigenvalue weighted by Gasteiger charge is 2.16. The van der Waals surface area contributed by atoms with Gasteiger partial charge in [-0.05, 0) is 26.3 Å². The zero-order valence-corrected chi connectivity index (χ0v) is 12.1. The van der Waals surface area contributed by atoms with Crippen molar-refractivity contribution < 1.29 is 0 Å². The Kier molecular flexibility index (Phi) is 6.00. The number of halogens is 1. The summed E-state index contributed by atoms with van der Waals surface area (Å²) in [6.45, 7) is 7.41. The quantitative estimate of drug-likeness (QED) is 0.814. The molecule has 4 heteroatoms. The zero-order valence-electron chi connectivity index (χ0n) is 11.4. The Hall–Kier alpha value is -0.540. The third kappa shape index (κ3) is 4.00. The molecule has 0 bridgehead atoms. The van der Waals surface area contributed by atoms with Crippen LogP contribution in [0.2, 0.25) is 5.15 Å². The van der Waals surface area contributed by atoms with Crippen LogP contribution in [0.1, 0.15) is 44.4 Å². The van der Waals surface area contributed by atoms with Crippen LogP contribution in [0.15, 0.2) is 0 Å². The maximum atomic E-state index is 6.27. The van der Waals surface area contributed by atoms with Gasteiger partial charge in [0.05, 0.1) is 5.69 Å². The monoisotopic (exact) mass is 257 g/mol. The van der Waals surface area contributed by atoms with Crippen LogP contribution in [0.25, 0.3) is 0 Å². The normalized spacial score (nSPS) is 13.0. The lowest BCUT2D eigenvalue weighted by Gasteiger charge is -2.17. The lowest BCUT2D eigenvalue weighted by molar-refractivity contribution is 0.473. The lowest BCUT2D eigenvalue weighted by Crippen LogP contribution is -2.31. The van der Waals surface area contributed by atoms with Gasteiger partial charge in [0.1, 0.15) is 5.15 Å². The largest absolute Gasteiger partial charge is 0.314 e. The first-order valence-electron chi connectivity index (χ1n) is 6.51. The van der Waals surface area contributed by atoms with Gasteiger partial charge in [0.25, 0.3) is 0 Å². The van der Waals surface area contributed by atoms with Crippen molar-refractivity contribution in [3.8, 4) is 0 Å². The summed E-state index contributed by atoms with van der Waals surface area (Å²) < 4.78 is 1.76. The first-order valence-corrected chi connectivity index (χ1v) is 6.89. The van der Waals surface area contributed by atoms with E-state index in [-0.39, 0.29) is 0 Å². The molecule has 0 spiro atoms. The Labute approximate surface area is 110 Å². The molecule has 3 nitrogen and oxygen atoms in total. The fourth-order valence-electron chi connectivity index (χ4n) is 2.17. The first-order chi connectivity index (χ1) is 8.10. The van der Waals surface area contributed by atoms with Crippen LogP contribution in [0, 0.1) is 6.92 Å². The molecule has 1 atom stereocenters. The molecule has 98 valence electrons. The van der Waals surface area contributed by atoms with E-state index < -0.39 is 0 Å². The van der Waals surface area contributed by atoms with Gasteiger partial charge in [0, 0.05) is 18.7 Å². The van der Waals surface area contributed by atoms with E-state index in [0.717, 1.165) is 23.8 Å². The Morgan fingerprint density at radius 1 is 1.41 bits per heavy atom. The fraction of sp³-hybridized carbons (Fsp3) is 0.769. The summed E-state index contributed by atoms with van der Waals surface area (Å²) in [7, 11) is 1.90. The van der Waals surface area contributed by atoms with Gasteiger partial charge in [-0.1, -0.05) is 38.3 Å². The average Bonchev–Trinajstić information content (AvgIpc) is 2.53. The summed E-state index contributed by atoms with van der Waals surface area (Å²) in [4.78, 5) is 0. The predicted molar refractivity (Wildman–Crippen MR) is 73.6 cm³/mol. The van der Waals surface area contributed by atoms with Crippen molar-refractivity contribution in [1.82, 2.24) is 15.1 Å². The SMILES string of the molecule is CCCCC(Cc1c(C)nn(C)c1Cl)NCC. The zero-order chi connectivity index (χ0) is 12.8. The molecule has 0 radical (unpaired) electrons. The first kappa shape index (κ1) is 14.5. The molecule has 0 aliphatic rings. The van der Waals surface area contributed by atoms with Gasteiger partial charge in [0.2, 0.25) is 0 Å². The van der Waals surface area contributed by atoms with Gasteiger partial charge in [-0.3, -0.25) is 4.68 Å². The van der Waals surface area contributed by atoms with Crippen LogP contribution in [-0.4, -0.2) is 22.4 Å². The van der Waals surface area contributed by atoms with Crippen molar-refractivity contribution in [2.24, 2.45) is 7.05 Å². The third-order valence-corrected chi connectivity index (χ3v) is 3.59. The summed E-state index contributed by atoms with van der Waals surface area (Å²) in [6.07, 6.45) is 4.68. The number of likely N-dealkylation sites (N-methyl/N-ethyl adjacent to an activating group) is 1. The number of aromatic nitrogens is 2. The van der Waals surface area contributed by atoms with E-state index in [0.29, 0.717) is 6.04 Å². The van der Waals surface area contributed by atoms with E-state index >= 15 is 0 Å². The molecule has 0 saturated carbocycles. The number of hydrogen-bond acceptors (Lipinski definition) is 2. The predicted octanol–water partition coefficient (Wildman–Crippen LogP) is 3.09. The summed E-state index contributed by atoms with van der Waals surface area (Å²) in [6, 6.07) is 0.514. The Bertz CT molecular complexity index is 347. The number of aryl methyl sites for hydroxylation is 2. The third-order valence-electron chi connectivity index (χ3n) is 3.12. The molecule has 1 unspecified atom stereocenters. The van der Waals surface area contributed by atoms with Crippen LogP contribution in [0.3, 0.4) is 0 Å². The average molecular weight is 258 g/mol. The molecule has 1 rings (SSSR count). The molecule has 0 saturated heterocycles. The minimum Gasteiger partial charge on any atom is -0.314 e.